The summed E-state index contributed by atoms with van der Waals surface area (Å²) in [6.45, 7) is 3.77. The number of carbonyl (C=O) groups is 2. The lowest BCUT2D eigenvalue weighted by Crippen LogP contribution is -2.20. The summed E-state index contributed by atoms with van der Waals surface area (Å²) in [7, 11) is 0. The van der Waals surface area contributed by atoms with Crippen LogP contribution >= 0.6 is 0 Å². The first-order chi connectivity index (χ1) is 11.2. The Bertz CT molecular complexity index is 760. The van der Waals surface area contributed by atoms with Crippen LogP contribution in [-0.2, 0) is 6.42 Å². The molecule has 0 aromatic heterocycles. The van der Waals surface area contributed by atoms with E-state index in [0.29, 0.717) is 6.42 Å². The van der Waals surface area contributed by atoms with E-state index in [1.54, 1.807) is 24.3 Å². The molecule has 0 aliphatic rings. The molecule has 0 amide bonds. The van der Waals surface area contributed by atoms with Gasteiger partial charge in [0, 0.05) is 6.61 Å². The first-order valence-electron chi connectivity index (χ1n) is 7.54. The van der Waals surface area contributed by atoms with Crippen molar-refractivity contribution in [1.29, 1.82) is 0 Å². The molecule has 0 bridgehead atoms. The average Bonchev–Trinajstić information content (AvgIpc) is 2.54. The summed E-state index contributed by atoms with van der Waals surface area (Å²) in [6.07, 6.45) is 0.501. The van der Waals surface area contributed by atoms with Crippen molar-refractivity contribution in [3.8, 4) is 11.1 Å². The zero-order chi connectivity index (χ0) is 17.9. The van der Waals surface area contributed by atoms with Crippen LogP contribution < -0.4 is 0 Å². The maximum absolute atomic E-state index is 11.2. The predicted octanol–water partition coefficient (Wildman–Crippen LogP) is 3.31. The summed E-state index contributed by atoms with van der Waals surface area (Å²) in [5, 5.41) is 27.7. The van der Waals surface area contributed by atoms with E-state index in [-0.39, 0.29) is 17.7 Å². The van der Waals surface area contributed by atoms with Gasteiger partial charge in [-0.05, 0) is 52.8 Å². The molecular weight excluding hydrogens is 308 g/mol. The quantitative estimate of drug-likeness (QED) is 0.756. The lowest BCUT2D eigenvalue weighted by molar-refractivity contribution is 0.0686. The topological polar surface area (TPSA) is 94.8 Å². The Hall–Kier alpha value is -2.66. The van der Waals surface area contributed by atoms with E-state index in [1.165, 1.54) is 18.2 Å². The maximum atomic E-state index is 11.2. The standard InChI is InChI=1S/C19H20O5/c1-19(2,11-20)10-15-9-14(18(23)24)7-8-16(15)12-3-5-13(6-4-12)17(21)22/h3-9,20H,10-11H2,1-2H3,(H,21,22)(H,23,24). The van der Waals surface area contributed by atoms with Crippen LogP contribution in [0.25, 0.3) is 11.1 Å². The normalized spacial score (nSPS) is 11.3. The van der Waals surface area contributed by atoms with Gasteiger partial charge in [-0.15, -0.1) is 0 Å². The Kier molecular flexibility index (Phi) is 5.04. The van der Waals surface area contributed by atoms with Gasteiger partial charge in [-0.2, -0.15) is 0 Å². The average molecular weight is 328 g/mol. The molecule has 2 aromatic rings. The molecule has 0 fully saturated rings. The number of carboxylic acids is 2. The van der Waals surface area contributed by atoms with E-state index >= 15 is 0 Å². The molecule has 0 unspecified atom stereocenters. The molecule has 0 saturated carbocycles. The van der Waals surface area contributed by atoms with Crippen LogP contribution in [0.15, 0.2) is 42.5 Å². The Morgan fingerprint density at radius 1 is 0.917 bits per heavy atom. The minimum absolute atomic E-state index is 0.0261. The summed E-state index contributed by atoms with van der Waals surface area (Å²) < 4.78 is 0. The zero-order valence-corrected chi connectivity index (χ0v) is 13.6. The van der Waals surface area contributed by atoms with Crippen molar-refractivity contribution in [1.82, 2.24) is 0 Å². The van der Waals surface area contributed by atoms with Gasteiger partial charge in [0.05, 0.1) is 11.1 Å². The first kappa shape index (κ1) is 17.7. The molecule has 3 N–H and O–H groups in total. The lowest BCUT2D eigenvalue weighted by Gasteiger charge is -2.23. The number of hydrogen-bond acceptors (Lipinski definition) is 3. The van der Waals surface area contributed by atoms with Crippen molar-refractivity contribution in [3.63, 3.8) is 0 Å². The van der Waals surface area contributed by atoms with Gasteiger partial charge in [0.25, 0.3) is 0 Å². The van der Waals surface area contributed by atoms with Crippen molar-refractivity contribution < 1.29 is 24.9 Å². The molecular formula is C19H20O5. The van der Waals surface area contributed by atoms with Crippen molar-refractivity contribution in [3.05, 3.63) is 59.2 Å². The van der Waals surface area contributed by atoms with Crippen molar-refractivity contribution in [2.75, 3.05) is 6.61 Å². The van der Waals surface area contributed by atoms with Gasteiger partial charge in [-0.25, -0.2) is 9.59 Å². The van der Waals surface area contributed by atoms with E-state index in [0.717, 1.165) is 16.7 Å². The molecule has 0 radical (unpaired) electrons. The highest BCUT2D eigenvalue weighted by atomic mass is 16.4. The minimum Gasteiger partial charge on any atom is -0.478 e. The minimum atomic E-state index is -1.01. The zero-order valence-electron chi connectivity index (χ0n) is 13.6. The Morgan fingerprint density at radius 3 is 1.96 bits per heavy atom. The van der Waals surface area contributed by atoms with Crippen LogP contribution in [0.2, 0.25) is 0 Å². The molecule has 2 aromatic carbocycles. The van der Waals surface area contributed by atoms with Crippen molar-refractivity contribution in [2.24, 2.45) is 5.41 Å². The number of hydrogen-bond donors (Lipinski definition) is 3. The summed E-state index contributed by atoms with van der Waals surface area (Å²) in [5.74, 6) is -2.00. The largest absolute Gasteiger partial charge is 0.478 e. The Balaban J connectivity index is 2.51. The van der Waals surface area contributed by atoms with Crippen LogP contribution in [0, 0.1) is 5.41 Å². The van der Waals surface area contributed by atoms with Gasteiger partial charge < -0.3 is 15.3 Å². The van der Waals surface area contributed by atoms with Gasteiger partial charge >= 0.3 is 11.9 Å². The summed E-state index contributed by atoms with van der Waals surface area (Å²) in [4.78, 5) is 22.2. The third-order valence-corrected chi connectivity index (χ3v) is 3.89. The fourth-order valence-electron chi connectivity index (χ4n) is 2.52. The van der Waals surface area contributed by atoms with Gasteiger partial charge in [-0.3, -0.25) is 0 Å². The lowest BCUT2D eigenvalue weighted by atomic mass is 9.83. The highest BCUT2D eigenvalue weighted by molar-refractivity contribution is 5.90. The number of rotatable bonds is 6. The van der Waals surface area contributed by atoms with Gasteiger partial charge in [-0.1, -0.05) is 32.0 Å². The third-order valence-electron chi connectivity index (χ3n) is 3.89. The molecule has 0 aliphatic carbocycles. The van der Waals surface area contributed by atoms with E-state index in [4.69, 9.17) is 5.11 Å². The number of carboxylic acid groups (broad SMARTS) is 2. The van der Waals surface area contributed by atoms with E-state index in [9.17, 15) is 19.8 Å². The molecule has 0 saturated heterocycles. The first-order valence-corrected chi connectivity index (χ1v) is 7.54. The fourth-order valence-corrected chi connectivity index (χ4v) is 2.52. The van der Waals surface area contributed by atoms with Gasteiger partial charge in [0.2, 0.25) is 0 Å². The van der Waals surface area contributed by atoms with E-state index < -0.39 is 17.4 Å². The molecule has 2 rings (SSSR count). The molecule has 5 heteroatoms. The molecule has 24 heavy (non-hydrogen) atoms. The summed E-state index contributed by atoms with van der Waals surface area (Å²) in [5.41, 5.74) is 2.42. The Morgan fingerprint density at radius 2 is 1.46 bits per heavy atom. The second-order valence-electron chi connectivity index (χ2n) is 6.56. The van der Waals surface area contributed by atoms with Crippen molar-refractivity contribution in [2.45, 2.75) is 20.3 Å². The summed E-state index contributed by atoms with van der Waals surface area (Å²) in [6, 6.07) is 11.3. The highest BCUT2D eigenvalue weighted by Gasteiger charge is 2.21. The predicted molar refractivity (Wildman–Crippen MR) is 90.4 cm³/mol. The van der Waals surface area contributed by atoms with Gasteiger partial charge in [0.15, 0.2) is 0 Å². The second-order valence-corrected chi connectivity index (χ2v) is 6.56. The molecule has 0 spiro atoms. The van der Waals surface area contributed by atoms with Crippen LogP contribution in [-0.4, -0.2) is 33.9 Å². The van der Waals surface area contributed by atoms with Crippen LogP contribution in [0.3, 0.4) is 0 Å². The van der Waals surface area contributed by atoms with Crippen LogP contribution in [0.4, 0.5) is 0 Å². The summed E-state index contributed by atoms with van der Waals surface area (Å²) >= 11 is 0. The Labute approximate surface area is 140 Å². The molecule has 0 aliphatic heterocycles. The third kappa shape index (κ3) is 4.00. The molecule has 0 atom stereocenters. The monoisotopic (exact) mass is 328 g/mol. The molecule has 0 heterocycles. The van der Waals surface area contributed by atoms with Crippen LogP contribution in [0.1, 0.15) is 40.1 Å². The molecule has 126 valence electrons. The highest BCUT2D eigenvalue weighted by Crippen LogP contribution is 2.31. The van der Waals surface area contributed by atoms with Crippen LogP contribution in [0.5, 0.6) is 0 Å². The number of aromatic carboxylic acids is 2. The van der Waals surface area contributed by atoms with E-state index in [1.807, 2.05) is 13.8 Å². The number of benzene rings is 2. The second kappa shape index (κ2) is 6.84. The maximum Gasteiger partial charge on any atom is 0.335 e. The van der Waals surface area contributed by atoms with Crippen molar-refractivity contribution >= 4 is 11.9 Å². The smallest absolute Gasteiger partial charge is 0.335 e. The number of aliphatic hydroxyl groups is 1. The SMILES string of the molecule is CC(C)(CO)Cc1cc(C(=O)O)ccc1-c1ccc(C(=O)O)cc1. The van der Waals surface area contributed by atoms with E-state index in [2.05, 4.69) is 0 Å². The number of aliphatic hydroxyl groups excluding tert-OH is 1. The molecule has 5 nitrogen and oxygen atoms in total. The fraction of sp³-hybridized carbons (Fsp3) is 0.263. The van der Waals surface area contributed by atoms with Gasteiger partial charge in [0.1, 0.15) is 0 Å².